The standard InChI is InChI=1S/C16H21N2O6PS2/c1-4-23-25(21,24-5-2)15-11(6-8-27-15)10-17-16(20)18-12-7-9-26-13(12)14(19)22-3/h6-9H,4-5,10H2,1-3H3,(H2,17,18,20). The van der Waals surface area contributed by atoms with Crippen LogP contribution in [0.1, 0.15) is 29.1 Å². The van der Waals surface area contributed by atoms with E-state index in [4.69, 9.17) is 9.05 Å². The van der Waals surface area contributed by atoms with E-state index in [-0.39, 0.29) is 19.8 Å². The average Bonchev–Trinajstić information content (AvgIpc) is 3.29. The first-order chi connectivity index (χ1) is 12.9. The first-order valence-electron chi connectivity index (χ1n) is 8.11. The monoisotopic (exact) mass is 432 g/mol. The number of nitrogens with one attached hydrogen (secondary N) is 2. The fourth-order valence-electron chi connectivity index (χ4n) is 2.20. The van der Waals surface area contributed by atoms with E-state index in [0.29, 0.717) is 20.7 Å². The summed E-state index contributed by atoms with van der Waals surface area (Å²) in [6.45, 7) is 4.11. The molecule has 0 unspecified atom stereocenters. The number of amides is 2. The molecule has 0 atom stereocenters. The van der Waals surface area contributed by atoms with Gasteiger partial charge >= 0.3 is 19.6 Å². The van der Waals surface area contributed by atoms with E-state index in [1.807, 2.05) is 0 Å². The first-order valence-corrected chi connectivity index (χ1v) is 11.4. The smallest absolute Gasteiger partial charge is 0.371 e. The minimum Gasteiger partial charge on any atom is -0.465 e. The van der Waals surface area contributed by atoms with Crippen LogP contribution in [-0.2, 0) is 24.9 Å². The Hall–Kier alpha value is -1.71. The molecule has 2 rings (SSSR count). The Bertz CT molecular complexity index is 824. The van der Waals surface area contributed by atoms with Crippen LogP contribution in [0.15, 0.2) is 22.9 Å². The van der Waals surface area contributed by atoms with Crippen molar-refractivity contribution in [2.75, 3.05) is 25.6 Å². The molecule has 0 aliphatic rings. The lowest BCUT2D eigenvalue weighted by atomic mass is 10.3. The van der Waals surface area contributed by atoms with Gasteiger partial charge in [-0.3, -0.25) is 4.57 Å². The Balaban J connectivity index is 2.05. The van der Waals surface area contributed by atoms with Gasteiger partial charge < -0.3 is 24.4 Å². The van der Waals surface area contributed by atoms with Crippen molar-refractivity contribution in [1.82, 2.24) is 5.32 Å². The number of urea groups is 1. The van der Waals surface area contributed by atoms with Crippen LogP contribution < -0.4 is 15.3 Å². The van der Waals surface area contributed by atoms with Gasteiger partial charge in [-0.15, -0.1) is 22.7 Å². The van der Waals surface area contributed by atoms with Gasteiger partial charge in [-0.1, -0.05) is 0 Å². The van der Waals surface area contributed by atoms with Crippen molar-refractivity contribution in [1.29, 1.82) is 0 Å². The van der Waals surface area contributed by atoms with Crippen LogP contribution in [0.4, 0.5) is 10.5 Å². The summed E-state index contributed by atoms with van der Waals surface area (Å²) in [5, 5.41) is 8.74. The highest BCUT2D eigenvalue weighted by atomic mass is 32.1. The van der Waals surface area contributed by atoms with Crippen LogP contribution in [0.2, 0.25) is 0 Å². The second kappa shape index (κ2) is 10.0. The van der Waals surface area contributed by atoms with E-state index in [9.17, 15) is 14.2 Å². The van der Waals surface area contributed by atoms with Gasteiger partial charge in [0.05, 0.1) is 26.0 Å². The molecule has 148 valence electrons. The van der Waals surface area contributed by atoms with Gasteiger partial charge in [0, 0.05) is 6.54 Å². The minimum atomic E-state index is -3.42. The number of esters is 1. The molecule has 2 heterocycles. The van der Waals surface area contributed by atoms with Crippen LogP contribution in [-0.4, -0.2) is 32.3 Å². The number of hydrogen-bond donors (Lipinski definition) is 2. The van der Waals surface area contributed by atoms with Crippen LogP contribution in [0.3, 0.4) is 0 Å². The Morgan fingerprint density at radius 2 is 1.78 bits per heavy atom. The predicted octanol–water partition coefficient (Wildman–Crippen LogP) is 3.81. The Morgan fingerprint density at radius 3 is 2.41 bits per heavy atom. The van der Waals surface area contributed by atoms with E-state index in [1.165, 1.54) is 29.8 Å². The molecular formula is C16H21N2O6PS2. The molecule has 0 spiro atoms. The third kappa shape index (κ3) is 5.40. The van der Waals surface area contributed by atoms with E-state index in [1.54, 1.807) is 36.7 Å². The summed E-state index contributed by atoms with van der Waals surface area (Å²) in [6, 6.07) is 2.87. The molecular weight excluding hydrogens is 411 g/mol. The van der Waals surface area contributed by atoms with Crippen LogP contribution >= 0.6 is 30.3 Å². The maximum Gasteiger partial charge on any atom is 0.371 e. The summed E-state index contributed by atoms with van der Waals surface area (Å²) in [7, 11) is -2.14. The molecule has 2 aromatic rings. The van der Waals surface area contributed by atoms with Crippen molar-refractivity contribution in [3.05, 3.63) is 33.3 Å². The second-order valence-corrected chi connectivity index (χ2v) is 9.14. The number of thiophene rings is 2. The molecule has 0 aliphatic heterocycles. The van der Waals surface area contributed by atoms with E-state index >= 15 is 0 Å². The topological polar surface area (TPSA) is 103 Å². The molecule has 0 fully saturated rings. The van der Waals surface area contributed by atoms with Crippen LogP contribution in [0.25, 0.3) is 0 Å². The molecule has 0 aromatic carbocycles. The summed E-state index contributed by atoms with van der Waals surface area (Å²) >= 11 is 2.43. The number of hydrogen-bond acceptors (Lipinski definition) is 8. The van der Waals surface area contributed by atoms with Crippen LogP contribution in [0.5, 0.6) is 0 Å². The molecule has 0 radical (unpaired) electrons. The highest BCUT2D eigenvalue weighted by molar-refractivity contribution is 7.68. The van der Waals surface area contributed by atoms with Gasteiger partial charge in [0.2, 0.25) is 0 Å². The van der Waals surface area contributed by atoms with Crippen molar-refractivity contribution in [2.24, 2.45) is 0 Å². The van der Waals surface area contributed by atoms with Crippen LogP contribution in [0, 0.1) is 0 Å². The van der Waals surface area contributed by atoms with Gasteiger partial charge in [-0.25, -0.2) is 9.59 Å². The molecule has 0 bridgehead atoms. The zero-order valence-electron chi connectivity index (χ0n) is 15.1. The maximum atomic E-state index is 12.9. The molecule has 11 heteroatoms. The third-order valence-electron chi connectivity index (χ3n) is 3.29. The summed E-state index contributed by atoms with van der Waals surface area (Å²) < 4.78 is 28.8. The minimum absolute atomic E-state index is 0.131. The van der Waals surface area contributed by atoms with Gasteiger partial charge in [0.1, 0.15) is 9.50 Å². The summed E-state index contributed by atoms with van der Waals surface area (Å²) in [5.41, 5.74) is 1.02. The molecule has 27 heavy (non-hydrogen) atoms. The molecule has 0 saturated heterocycles. The number of methoxy groups -OCH3 is 1. The lowest BCUT2D eigenvalue weighted by Gasteiger charge is -2.17. The molecule has 8 nitrogen and oxygen atoms in total. The Kier molecular flexibility index (Phi) is 8.00. The zero-order valence-corrected chi connectivity index (χ0v) is 17.7. The van der Waals surface area contributed by atoms with Crippen molar-refractivity contribution in [3.63, 3.8) is 0 Å². The number of anilines is 1. The van der Waals surface area contributed by atoms with E-state index in [2.05, 4.69) is 15.4 Å². The Morgan fingerprint density at radius 1 is 1.11 bits per heavy atom. The average molecular weight is 432 g/mol. The summed E-state index contributed by atoms with van der Waals surface area (Å²) in [4.78, 5) is 24.1. The SMILES string of the molecule is CCOP(=O)(OCC)c1sccc1CNC(=O)Nc1ccsc1C(=O)OC. The highest BCUT2D eigenvalue weighted by Crippen LogP contribution is 2.49. The van der Waals surface area contributed by atoms with Gasteiger partial charge in [-0.05, 0) is 42.3 Å². The van der Waals surface area contributed by atoms with E-state index in [0.717, 1.165) is 0 Å². The highest BCUT2D eigenvalue weighted by Gasteiger charge is 2.31. The lowest BCUT2D eigenvalue weighted by Crippen LogP contribution is -2.30. The maximum absolute atomic E-state index is 12.9. The van der Waals surface area contributed by atoms with E-state index < -0.39 is 19.6 Å². The number of ether oxygens (including phenoxy) is 1. The van der Waals surface area contributed by atoms with Crippen molar-refractivity contribution in [2.45, 2.75) is 20.4 Å². The van der Waals surface area contributed by atoms with Gasteiger partial charge in [0.25, 0.3) is 0 Å². The fourth-order valence-corrected chi connectivity index (χ4v) is 6.13. The number of carbonyl (C=O) groups excluding carboxylic acids is 2. The molecule has 0 aliphatic carbocycles. The normalized spacial score (nSPS) is 11.2. The summed E-state index contributed by atoms with van der Waals surface area (Å²) in [5.74, 6) is -0.519. The fraction of sp³-hybridized carbons (Fsp3) is 0.375. The number of rotatable bonds is 9. The second-order valence-electron chi connectivity index (χ2n) is 5.05. The van der Waals surface area contributed by atoms with Gasteiger partial charge in [0.15, 0.2) is 0 Å². The summed E-state index contributed by atoms with van der Waals surface area (Å²) in [6.07, 6.45) is 0. The zero-order chi connectivity index (χ0) is 19.9. The Labute approximate surface area is 165 Å². The molecule has 2 N–H and O–H groups in total. The predicted molar refractivity (Wildman–Crippen MR) is 106 cm³/mol. The molecule has 2 amide bonds. The van der Waals surface area contributed by atoms with Crippen molar-refractivity contribution < 1.29 is 27.9 Å². The van der Waals surface area contributed by atoms with Crippen molar-refractivity contribution in [3.8, 4) is 0 Å². The molecule has 2 aromatic heterocycles. The number of carbonyl (C=O) groups is 2. The lowest BCUT2D eigenvalue weighted by molar-refractivity contribution is 0.0607. The van der Waals surface area contributed by atoms with Crippen molar-refractivity contribution >= 4 is 52.6 Å². The molecule has 0 saturated carbocycles. The first kappa shape index (κ1) is 21.6. The third-order valence-corrected chi connectivity index (χ3v) is 7.91. The quantitative estimate of drug-likeness (QED) is 0.461. The largest absolute Gasteiger partial charge is 0.465 e. The van der Waals surface area contributed by atoms with Gasteiger partial charge in [-0.2, -0.15) is 0 Å².